The topological polar surface area (TPSA) is 43.4 Å². The van der Waals surface area contributed by atoms with Crippen molar-refractivity contribution in [3.05, 3.63) is 23.3 Å². The molecule has 118 valence electrons. The van der Waals surface area contributed by atoms with Gasteiger partial charge in [-0.2, -0.15) is 0 Å². The summed E-state index contributed by atoms with van der Waals surface area (Å²) < 4.78 is 29.3. The van der Waals surface area contributed by atoms with Crippen LogP contribution in [-0.2, 0) is 9.05 Å². The Morgan fingerprint density at radius 2 is 1.76 bits per heavy atom. The third-order valence-corrected chi connectivity index (χ3v) is 5.92. The molecule has 0 aromatic heterocycles. The maximum absolute atomic E-state index is 11.6. The lowest BCUT2D eigenvalue weighted by Gasteiger charge is -2.31. The third-order valence-electron chi connectivity index (χ3n) is 4.33. The van der Waals surface area contributed by atoms with Gasteiger partial charge in [0.05, 0.1) is 4.90 Å². The molecule has 1 aromatic rings. The average molecular weight is 331 g/mol. The van der Waals surface area contributed by atoms with Crippen molar-refractivity contribution in [1.29, 1.82) is 0 Å². The highest BCUT2D eigenvalue weighted by Gasteiger charge is 2.26. The zero-order valence-electron chi connectivity index (χ0n) is 12.9. The van der Waals surface area contributed by atoms with Crippen molar-refractivity contribution >= 4 is 19.7 Å². The second kappa shape index (κ2) is 6.57. The van der Waals surface area contributed by atoms with Crippen LogP contribution in [0.2, 0.25) is 0 Å². The average Bonchev–Trinajstić information content (AvgIpc) is 2.36. The summed E-state index contributed by atoms with van der Waals surface area (Å²) in [5.41, 5.74) is 1.28. The molecule has 0 spiro atoms. The molecule has 0 radical (unpaired) electrons. The number of hydrogen-bond donors (Lipinski definition) is 0. The third kappa shape index (κ3) is 3.92. The molecule has 5 heteroatoms. The van der Waals surface area contributed by atoms with E-state index in [-0.39, 0.29) is 11.0 Å². The Labute approximate surface area is 132 Å². The van der Waals surface area contributed by atoms with Crippen LogP contribution in [-0.4, -0.2) is 14.5 Å². The van der Waals surface area contributed by atoms with E-state index in [1.165, 1.54) is 19.3 Å². The SMILES string of the molecule is CCC1CCCCC1Oc1cc(C)c(S(=O)(=O)Cl)c(C)c1. The Bertz CT molecular complexity index is 587. The molecule has 21 heavy (non-hydrogen) atoms. The zero-order valence-corrected chi connectivity index (χ0v) is 14.4. The maximum Gasteiger partial charge on any atom is 0.261 e. The first kappa shape index (κ1) is 16.6. The summed E-state index contributed by atoms with van der Waals surface area (Å²) in [6.45, 7) is 5.71. The van der Waals surface area contributed by atoms with Crippen LogP contribution in [0.15, 0.2) is 17.0 Å². The molecule has 2 atom stereocenters. The van der Waals surface area contributed by atoms with Crippen LogP contribution in [0.3, 0.4) is 0 Å². The van der Waals surface area contributed by atoms with Crippen molar-refractivity contribution < 1.29 is 13.2 Å². The largest absolute Gasteiger partial charge is 0.490 e. The summed E-state index contributed by atoms with van der Waals surface area (Å²) in [5.74, 6) is 1.34. The minimum absolute atomic E-state index is 0.201. The molecule has 0 N–H and O–H groups in total. The van der Waals surface area contributed by atoms with Gasteiger partial charge in [-0.3, -0.25) is 0 Å². The first-order chi connectivity index (χ1) is 9.82. The van der Waals surface area contributed by atoms with Crippen LogP contribution in [0.4, 0.5) is 0 Å². The highest BCUT2D eigenvalue weighted by molar-refractivity contribution is 8.13. The van der Waals surface area contributed by atoms with Crippen molar-refractivity contribution in [3.63, 3.8) is 0 Å². The number of halogens is 1. The molecule has 1 fully saturated rings. The second-order valence-electron chi connectivity index (χ2n) is 5.93. The Morgan fingerprint density at radius 3 is 2.29 bits per heavy atom. The Balaban J connectivity index is 2.26. The number of ether oxygens (including phenoxy) is 1. The van der Waals surface area contributed by atoms with Gasteiger partial charge in [0.2, 0.25) is 0 Å². The van der Waals surface area contributed by atoms with E-state index < -0.39 is 9.05 Å². The lowest BCUT2D eigenvalue weighted by atomic mass is 9.85. The van der Waals surface area contributed by atoms with E-state index in [1.807, 2.05) is 0 Å². The van der Waals surface area contributed by atoms with Gasteiger partial charge in [-0.05, 0) is 68.7 Å². The van der Waals surface area contributed by atoms with Crippen LogP contribution in [0.25, 0.3) is 0 Å². The van der Waals surface area contributed by atoms with E-state index >= 15 is 0 Å². The van der Waals surface area contributed by atoms with Gasteiger partial charge in [0.25, 0.3) is 9.05 Å². The quantitative estimate of drug-likeness (QED) is 0.759. The molecular weight excluding hydrogens is 308 g/mol. The fraction of sp³-hybridized carbons (Fsp3) is 0.625. The van der Waals surface area contributed by atoms with Gasteiger partial charge in [-0.1, -0.05) is 13.3 Å². The highest BCUT2D eigenvalue weighted by Crippen LogP contribution is 2.33. The number of rotatable bonds is 4. The van der Waals surface area contributed by atoms with Gasteiger partial charge < -0.3 is 4.74 Å². The van der Waals surface area contributed by atoms with Gasteiger partial charge in [0.15, 0.2) is 0 Å². The number of aryl methyl sites for hydroxylation is 2. The maximum atomic E-state index is 11.6. The number of hydrogen-bond acceptors (Lipinski definition) is 3. The summed E-state index contributed by atoms with van der Waals surface area (Å²) in [7, 11) is 1.78. The van der Waals surface area contributed by atoms with Gasteiger partial charge in [-0.15, -0.1) is 0 Å². The fourth-order valence-electron chi connectivity index (χ4n) is 3.33. The predicted molar refractivity (Wildman–Crippen MR) is 85.6 cm³/mol. The minimum Gasteiger partial charge on any atom is -0.490 e. The van der Waals surface area contributed by atoms with Gasteiger partial charge >= 0.3 is 0 Å². The molecule has 3 nitrogen and oxygen atoms in total. The van der Waals surface area contributed by atoms with Crippen molar-refractivity contribution in [2.75, 3.05) is 0 Å². The van der Waals surface area contributed by atoms with E-state index in [1.54, 1.807) is 26.0 Å². The number of benzene rings is 1. The van der Waals surface area contributed by atoms with Crippen molar-refractivity contribution in [2.24, 2.45) is 5.92 Å². The molecule has 1 aliphatic rings. The molecule has 0 amide bonds. The first-order valence-electron chi connectivity index (χ1n) is 7.55. The molecule has 0 saturated heterocycles. The highest BCUT2D eigenvalue weighted by atomic mass is 35.7. The lowest BCUT2D eigenvalue weighted by molar-refractivity contribution is 0.0902. The Hall–Kier alpha value is -0.740. The van der Waals surface area contributed by atoms with Crippen molar-refractivity contribution in [1.82, 2.24) is 0 Å². The fourth-order valence-corrected chi connectivity index (χ4v) is 4.95. The molecule has 0 aliphatic heterocycles. The molecule has 1 aliphatic carbocycles. The summed E-state index contributed by atoms with van der Waals surface area (Å²) >= 11 is 0. The molecule has 2 unspecified atom stereocenters. The standard InChI is InChI=1S/C16H23ClO3S/c1-4-13-7-5-6-8-15(13)20-14-9-11(2)16(12(3)10-14)21(17,18)19/h9-10,13,15H,4-8H2,1-3H3. The Kier molecular flexibility index (Phi) is 5.20. The smallest absolute Gasteiger partial charge is 0.261 e. The van der Waals surface area contributed by atoms with E-state index in [0.717, 1.165) is 18.6 Å². The van der Waals surface area contributed by atoms with Crippen LogP contribution < -0.4 is 4.74 Å². The summed E-state index contributed by atoms with van der Waals surface area (Å²) in [4.78, 5) is 0.201. The van der Waals surface area contributed by atoms with Gasteiger partial charge in [0.1, 0.15) is 11.9 Å². The first-order valence-corrected chi connectivity index (χ1v) is 9.86. The summed E-state index contributed by atoms with van der Waals surface area (Å²) in [5, 5.41) is 0. The van der Waals surface area contributed by atoms with E-state index in [4.69, 9.17) is 15.4 Å². The molecule has 1 saturated carbocycles. The minimum atomic E-state index is -3.71. The summed E-state index contributed by atoms with van der Waals surface area (Å²) in [6, 6.07) is 3.56. The van der Waals surface area contributed by atoms with Crippen LogP contribution >= 0.6 is 10.7 Å². The van der Waals surface area contributed by atoms with Crippen LogP contribution in [0.1, 0.15) is 50.2 Å². The molecular formula is C16H23ClO3S. The van der Waals surface area contributed by atoms with Crippen LogP contribution in [0, 0.1) is 19.8 Å². The van der Waals surface area contributed by atoms with E-state index in [2.05, 4.69) is 6.92 Å². The molecule has 1 aromatic carbocycles. The van der Waals surface area contributed by atoms with Crippen LogP contribution in [0.5, 0.6) is 5.75 Å². The predicted octanol–water partition coefficient (Wildman–Crippen LogP) is 4.58. The zero-order chi connectivity index (χ0) is 15.6. The summed E-state index contributed by atoms with van der Waals surface area (Å²) in [6.07, 6.45) is 6.13. The van der Waals surface area contributed by atoms with E-state index in [9.17, 15) is 8.42 Å². The van der Waals surface area contributed by atoms with Crippen molar-refractivity contribution in [3.8, 4) is 5.75 Å². The normalized spacial score (nSPS) is 23.0. The lowest BCUT2D eigenvalue weighted by Crippen LogP contribution is -2.30. The van der Waals surface area contributed by atoms with Gasteiger partial charge in [0, 0.05) is 10.7 Å². The monoisotopic (exact) mass is 330 g/mol. The van der Waals surface area contributed by atoms with Gasteiger partial charge in [-0.25, -0.2) is 8.42 Å². The van der Waals surface area contributed by atoms with Crippen molar-refractivity contribution in [2.45, 2.75) is 63.9 Å². The molecule has 0 heterocycles. The Morgan fingerprint density at radius 1 is 1.19 bits per heavy atom. The molecule has 2 rings (SSSR count). The van der Waals surface area contributed by atoms with E-state index in [0.29, 0.717) is 17.0 Å². The second-order valence-corrected chi connectivity index (χ2v) is 8.44. The molecule has 0 bridgehead atoms.